The van der Waals surface area contributed by atoms with Crippen LogP contribution in [0.5, 0.6) is 0 Å². The molecule has 1 heteroatoms. The minimum Gasteiger partial charge on any atom is -0.0925 e. The highest BCUT2D eigenvalue weighted by molar-refractivity contribution is 9.09. The zero-order chi connectivity index (χ0) is 7.82. The number of allylic oxidation sites excluding steroid dienone is 2. The molecule has 10 heavy (non-hydrogen) atoms. The van der Waals surface area contributed by atoms with E-state index < -0.39 is 0 Å². The Labute approximate surface area is 72.8 Å². The first-order chi connectivity index (χ1) is 4.77. The van der Waals surface area contributed by atoms with Gasteiger partial charge in [0.05, 0.1) is 0 Å². The second-order valence-corrected chi connectivity index (χ2v) is 3.71. The summed E-state index contributed by atoms with van der Waals surface area (Å²) in [4.78, 5) is 0. The number of halogens is 1. The van der Waals surface area contributed by atoms with Crippen LogP contribution in [0, 0.1) is 5.92 Å². The van der Waals surface area contributed by atoms with Crippen molar-refractivity contribution in [2.24, 2.45) is 5.92 Å². The fraction of sp³-hybridized carbons (Fsp3) is 0.778. The van der Waals surface area contributed by atoms with Crippen LogP contribution in [-0.4, -0.2) is 5.33 Å². The fourth-order valence-corrected chi connectivity index (χ4v) is 0.993. The quantitative estimate of drug-likeness (QED) is 0.473. The second-order valence-electron chi connectivity index (χ2n) is 2.92. The van der Waals surface area contributed by atoms with E-state index >= 15 is 0 Å². The van der Waals surface area contributed by atoms with Gasteiger partial charge >= 0.3 is 0 Å². The summed E-state index contributed by atoms with van der Waals surface area (Å²) in [5.74, 6) is 0.841. The van der Waals surface area contributed by atoms with Crippen LogP contribution in [0.2, 0.25) is 0 Å². The van der Waals surface area contributed by atoms with E-state index in [1.807, 2.05) is 0 Å². The Bertz CT molecular complexity index is 84.7. The number of alkyl halides is 1. The van der Waals surface area contributed by atoms with Gasteiger partial charge in [-0.15, -0.1) is 0 Å². The third kappa shape index (κ3) is 8.22. The van der Waals surface area contributed by atoms with Crippen molar-refractivity contribution < 1.29 is 0 Å². The zero-order valence-corrected chi connectivity index (χ0v) is 8.52. The van der Waals surface area contributed by atoms with Gasteiger partial charge in [-0.05, 0) is 25.2 Å². The third-order valence-corrected chi connectivity index (χ3v) is 1.81. The van der Waals surface area contributed by atoms with Crippen LogP contribution in [0.25, 0.3) is 0 Å². The molecule has 0 heterocycles. The van der Waals surface area contributed by atoms with Crippen LogP contribution in [-0.2, 0) is 0 Å². The maximum atomic E-state index is 3.38. The van der Waals surface area contributed by atoms with E-state index in [0.29, 0.717) is 0 Å². The van der Waals surface area contributed by atoms with Gasteiger partial charge < -0.3 is 0 Å². The average molecular weight is 205 g/mol. The van der Waals surface area contributed by atoms with Gasteiger partial charge in [-0.1, -0.05) is 41.9 Å². The van der Waals surface area contributed by atoms with E-state index in [1.54, 1.807) is 0 Å². The average Bonchev–Trinajstić information content (AvgIpc) is 1.87. The molecule has 0 saturated heterocycles. The van der Waals surface area contributed by atoms with Crippen LogP contribution in [0.15, 0.2) is 12.2 Å². The van der Waals surface area contributed by atoms with Crippen LogP contribution in [0.4, 0.5) is 0 Å². The maximum Gasteiger partial charge on any atom is 0.00659 e. The van der Waals surface area contributed by atoms with Crippen molar-refractivity contribution >= 4 is 15.9 Å². The molecule has 0 bridgehead atoms. The van der Waals surface area contributed by atoms with Crippen molar-refractivity contribution in [2.75, 3.05) is 5.33 Å². The van der Waals surface area contributed by atoms with E-state index in [1.165, 1.54) is 12.8 Å². The van der Waals surface area contributed by atoms with Gasteiger partial charge in [0.15, 0.2) is 0 Å². The van der Waals surface area contributed by atoms with Crippen molar-refractivity contribution in [1.29, 1.82) is 0 Å². The third-order valence-electron chi connectivity index (χ3n) is 1.35. The summed E-state index contributed by atoms with van der Waals surface area (Å²) < 4.78 is 0. The standard InChI is InChI=1S/C9H17Br/c1-9(2)7-5-3-4-6-8-10/h3-4,9H,5-8H2,1-2H3. The van der Waals surface area contributed by atoms with Crippen molar-refractivity contribution in [1.82, 2.24) is 0 Å². The van der Waals surface area contributed by atoms with Gasteiger partial charge in [0.1, 0.15) is 0 Å². The lowest BCUT2D eigenvalue weighted by atomic mass is 10.1. The summed E-state index contributed by atoms with van der Waals surface area (Å²) in [7, 11) is 0. The summed E-state index contributed by atoms with van der Waals surface area (Å²) in [6.07, 6.45) is 8.25. The monoisotopic (exact) mass is 204 g/mol. The lowest BCUT2D eigenvalue weighted by molar-refractivity contribution is 0.594. The highest BCUT2D eigenvalue weighted by Crippen LogP contribution is 2.04. The molecule has 0 saturated carbocycles. The first-order valence-corrected chi connectivity index (χ1v) is 5.10. The predicted octanol–water partition coefficient (Wildman–Crippen LogP) is 3.76. The number of hydrogen-bond donors (Lipinski definition) is 0. The van der Waals surface area contributed by atoms with Gasteiger partial charge in [-0.25, -0.2) is 0 Å². The number of hydrogen-bond acceptors (Lipinski definition) is 0. The SMILES string of the molecule is CC(C)CCC=CCCBr. The molecule has 0 rings (SSSR count). The van der Waals surface area contributed by atoms with Gasteiger partial charge in [-0.2, -0.15) is 0 Å². The second kappa shape index (κ2) is 7.33. The van der Waals surface area contributed by atoms with Crippen molar-refractivity contribution in [3.8, 4) is 0 Å². The summed E-state index contributed by atoms with van der Waals surface area (Å²) in [6, 6.07) is 0. The molecule has 0 spiro atoms. The van der Waals surface area contributed by atoms with E-state index in [2.05, 4.69) is 41.9 Å². The normalized spacial score (nSPS) is 11.6. The Balaban J connectivity index is 3.02. The molecular formula is C9H17Br. The zero-order valence-electron chi connectivity index (χ0n) is 6.94. The van der Waals surface area contributed by atoms with Gasteiger partial charge in [0.2, 0.25) is 0 Å². The minimum absolute atomic E-state index is 0.841. The number of rotatable bonds is 5. The Morgan fingerprint density at radius 3 is 2.30 bits per heavy atom. The molecule has 0 atom stereocenters. The first-order valence-electron chi connectivity index (χ1n) is 3.98. The van der Waals surface area contributed by atoms with Crippen LogP contribution in [0.3, 0.4) is 0 Å². The van der Waals surface area contributed by atoms with E-state index in [0.717, 1.165) is 17.7 Å². The molecule has 0 aromatic carbocycles. The summed E-state index contributed by atoms with van der Waals surface area (Å²) in [6.45, 7) is 4.52. The van der Waals surface area contributed by atoms with Crippen LogP contribution in [0.1, 0.15) is 33.1 Å². The molecule has 0 aromatic rings. The fourth-order valence-electron chi connectivity index (χ4n) is 0.728. The summed E-state index contributed by atoms with van der Waals surface area (Å²) in [5, 5.41) is 1.09. The Kier molecular flexibility index (Phi) is 7.49. The molecule has 0 N–H and O–H groups in total. The van der Waals surface area contributed by atoms with Gasteiger partial charge in [-0.3, -0.25) is 0 Å². The molecule has 0 amide bonds. The van der Waals surface area contributed by atoms with Gasteiger partial charge in [0, 0.05) is 5.33 Å². The largest absolute Gasteiger partial charge is 0.0925 e. The highest BCUT2D eigenvalue weighted by Gasteiger charge is 1.88. The molecule has 0 aliphatic heterocycles. The molecule has 0 aliphatic carbocycles. The summed E-state index contributed by atoms with van der Waals surface area (Å²) >= 11 is 3.38. The van der Waals surface area contributed by atoms with Crippen LogP contribution >= 0.6 is 15.9 Å². The Morgan fingerprint density at radius 1 is 1.20 bits per heavy atom. The lowest BCUT2D eigenvalue weighted by Gasteiger charge is -1.98. The maximum absolute atomic E-state index is 3.38. The van der Waals surface area contributed by atoms with Crippen molar-refractivity contribution in [2.45, 2.75) is 33.1 Å². The van der Waals surface area contributed by atoms with Crippen molar-refractivity contribution in [3.05, 3.63) is 12.2 Å². The summed E-state index contributed by atoms with van der Waals surface area (Å²) in [5.41, 5.74) is 0. The smallest absolute Gasteiger partial charge is 0.00659 e. The predicted molar refractivity (Wildman–Crippen MR) is 51.6 cm³/mol. The molecule has 0 unspecified atom stereocenters. The molecular weight excluding hydrogens is 188 g/mol. The Hall–Kier alpha value is 0.220. The van der Waals surface area contributed by atoms with Crippen molar-refractivity contribution in [3.63, 3.8) is 0 Å². The van der Waals surface area contributed by atoms with E-state index in [4.69, 9.17) is 0 Å². The molecule has 60 valence electrons. The Morgan fingerprint density at radius 2 is 1.80 bits per heavy atom. The molecule has 0 fully saturated rings. The highest BCUT2D eigenvalue weighted by atomic mass is 79.9. The molecule has 0 nitrogen and oxygen atoms in total. The molecule has 0 aliphatic rings. The van der Waals surface area contributed by atoms with Crippen LogP contribution < -0.4 is 0 Å². The van der Waals surface area contributed by atoms with E-state index in [-0.39, 0.29) is 0 Å². The molecule has 0 radical (unpaired) electrons. The minimum atomic E-state index is 0.841. The van der Waals surface area contributed by atoms with Gasteiger partial charge in [0.25, 0.3) is 0 Å². The van der Waals surface area contributed by atoms with E-state index in [9.17, 15) is 0 Å². The lowest BCUT2D eigenvalue weighted by Crippen LogP contribution is -1.83. The molecule has 0 aromatic heterocycles. The first kappa shape index (κ1) is 10.2. The topological polar surface area (TPSA) is 0 Å².